The zero-order valence-electron chi connectivity index (χ0n) is 9.08. The molecule has 0 radical (unpaired) electrons. The van der Waals surface area contributed by atoms with E-state index in [9.17, 15) is 0 Å². The van der Waals surface area contributed by atoms with Gasteiger partial charge in [-0.15, -0.1) is 11.8 Å². The summed E-state index contributed by atoms with van der Waals surface area (Å²) in [6.07, 6.45) is 0. The lowest BCUT2D eigenvalue weighted by Crippen LogP contribution is -2.28. The van der Waals surface area contributed by atoms with Crippen molar-refractivity contribution in [2.75, 3.05) is 31.4 Å². The van der Waals surface area contributed by atoms with Crippen LogP contribution in [0.3, 0.4) is 0 Å². The van der Waals surface area contributed by atoms with E-state index >= 15 is 0 Å². The third-order valence-corrected chi connectivity index (χ3v) is 2.88. The summed E-state index contributed by atoms with van der Waals surface area (Å²) in [5, 5.41) is 3.13. The molecular formula is C11H18N2S. The van der Waals surface area contributed by atoms with E-state index in [1.165, 1.54) is 10.6 Å². The number of hydrogen-bond acceptors (Lipinski definition) is 3. The van der Waals surface area contributed by atoms with E-state index < -0.39 is 0 Å². The van der Waals surface area contributed by atoms with Gasteiger partial charge in [0.25, 0.3) is 0 Å². The molecule has 0 heterocycles. The molecule has 2 nitrogen and oxygen atoms in total. The Morgan fingerprint density at radius 3 is 2.43 bits per heavy atom. The first-order valence-corrected chi connectivity index (χ1v) is 5.85. The van der Waals surface area contributed by atoms with Gasteiger partial charge < -0.3 is 10.2 Å². The number of anilines is 1. The monoisotopic (exact) mass is 210 g/mol. The van der Waals surface area contributed by atoms with Gasteiger partial charge in [0.15, 0.2) is 0 Å². The summed E-state index contributed by atoms with van der Waals surface area (Å²) < 4.78 is 0. The molecular weight excluding hydrogens is 192 g/mol. The number of nitrogens with zero attached hydrogens (tertiary/aromatic N) is 1. The van der Waals surface area contributed by atoms with Crippen molar-refractivity contribution in [2.24, 2.45) is 0 Å². The van der Waals surface area contributed by atoms with Gasteiger partial charge in [-0.25, -0.2) is 0 Å². The highest BCUT2D eigenvalue weighted by atomic mass is 32.2. The molecule has 0 spiro atoms. The van der Waals surface area contributed by atoms with Gasteiger partial charge in [-0.3, -0.25) is 0 Å². The molecule has 78 valence electrons. The third-order valence-electron chi connectivity index (χ3n) is 1.98. The molecule has 3 heteroatoms. The van der Waals surface area contributed by atoms with Gasteiger partial charge in [0, 0.05) is 17.6 Å². The summed E-state index contributed by atoms with van der Waals surface area (Å²) in [4.78, 5) is 3.52. The fourth-order valence-corrected chi connectivity index (χ4v) is 1.95. The lowest BCUT2D eigenvalue weighted by Gasteiger charge is -2.18. The molecule has 0 aliphatic carbocycles. The maximum Gasteiger partial charge on any atom is 0.0676 e. The first-order chi connectivity index (χ1) is 6.77. The highest BCUT2D eigenvalue weighted by molar-refractivity contribution is 7.99. The van der Waals surface area contributed by atoms with Crippen molar-refractivity contribution in [3.05, 3.63) is 24.3 Å². The molecule has 0 aliphatic heterocycles. The van der Waals surface area contributed by atoms with Gasteiger partial charge in [0.2, 0.25) is 0 Å². The third kappa shape index (κ3) is 3.24. The molecule has 0 aromatic heterocycles. The maximum atomic E-state index is 3.13. The molecule has 1 aromatic carbocycles. The molecule has 1 rings (SSSR count). The number of hydrogen-bond donors (Lipinski definition) is 1. The lowest BCUT2D eigenvalue weighted by atomic mass is 10.3. The minimum atomic E-state index is 0.875. The predicted molar refractivity (Wildman–Crippen MR) is 65.2 cm³/mol. The number of thioether (sulfide) groups is 1. The van der Waals surface area contributed by atoms with Crippen molar-refractivity contribution in [1.82, 2.24) is 5.32 Å². The SMILES string of the molecule is CCSc1ccc(N(C)CNC)cc1. The normalized spacial score (nSPS) is 10.2. The second-order valence-corrected chi connectivity index (χ2v) is 4.47. The molecule has 0 bridgehead atoms. The average molecular weight is 210 g/mol. The molecule has 0 saturated heterocycles. The molecule has 1 aromatic rings. The van der Waals surface area contributed by atoms with E-state index in [-0.39, 0.29) is 0 Å². The zero-order valence-corrected chi connectivity index (χ0v) is 9.90. The Morgan fingerprint density at radius 2 is 1.93 bits per heavy atom. The van der Waals surface area contributed by atoms with Gasteiger partial charge >= 0.3 is 0 Å². The van der Waals surface area contributed by atoms with Crippen LogP contribution in [0.25, 0.3) is 0 Å². The van der Waals surface area contributed by atoms with Crippen LogP contribution in [-0.2, 0) is 0 Å². The Bertz CT molecular complexity index is 258. The van der Waals surface area contributed by atoms with Gasteiger partial charge in [-0.05, 0) is 37.1 Å². The number of nitrogens with one attached hydrogen (secondary N) is 1. The first-order valence-electron chi connectivity index (χ1n) is 4.86. The molecule has 1 N–H and O–H groups in total. The summed E-state index contributed by atoms with van der Waals surface area (Å²) in [6, 6.07) is 8.68. The zero-order chi connectivity index (χ0) is 10.4. The van der Waals surface area contributed by atoms with Crippen molar-refractivity contribution >= 4 is 17.4 Å². The van der Waals surface area contributed by atoms with Crippen LogP contribution < -0.4 is 10.2 Å². The highest BCUT2D eigenvalue weighted by Gasteiger charge is 1.98. The van der Waals surface area contributed by atoms with Crippen LogP contribution in [0.1, 0.15) is 6.92 Å². The van der Waals surface area contributed by atoms with Crippen LogP contribution in [0.2, 0.25) is 0 Å². The molecule has 0 saturated carbocycles. The van der Waals surface area contributed by atoms with Crippen LogP contribution in [0.15, 0.2) is 29.2 Å². The molecule has 0 atom stereocenters. The lowest BCUT2D eigenvalue weighted by molar-refractivity contribution is 0.776. The van der Waals surface area contributed by atoms with Crippen molar-refractivity contribution < 1.29 is 0 Å². The summed E-state index contributed by atoms with van der Waals surface area (Å²) in [6.45, 7) is 3.05. The van der Waals surface area contributed by atoms with Crippen molar-refractivity contribution in [1.29, 1.82) is 0 Å². The maximum absolute atomic E-state index is 3.13. The first kappa shape index (κ1) is 11.4. The second-order valence-electron chi connectivity index (χ2n) is 3.14. The van der Waals surface area contributed by atoms with E-state index in [1.54, 1.807) is 0 Å². The average Bonchev–Trinajstić information content (AvgIpc) is 2.20. The van der Waals surface area contributed by atoms with Crippen LogP contribution >= 0.6 is 11.8 Å². The van der Waals surface area contributed by atoms with Gasteiger partial charge in [-0.1, -0.05) is 6.92 Å². The van der Waals surface area contributed by atoms with Gasteiger partial charge in [-0.2, -0.15) is 0 Å². The molecule has 0 unspecified atom stereocenters. The van der Waals surface area contributed by atoms with Crippen molar-refractivity contribution in [2.45, 2.75) is 11.8 Å². The summed E-state index contributed by atoms with van der Waals surface area (Å²) in [5.74, 6) is 1.13. The van der Waals surface area contributed by atoms with Gasteiger partial charge in [0.1, 0.15) is 0 Å². The second kappa shape index (κ2) is 5.94. The van der Waals surface area contributed by atoms with Crippen molar-refractivity contribution in [3.63, 3.8) is 0 Å². The largest absolute Gasteiger partial charge is 0.362 e. The molecule has 0 aliphatic rings. The Hall–Kier alpha value is -0.670. The Kier molecular flexibility index (Phi) is 4.84. The molecule has 0 fully saturated rings. The van der Waals surface area contributed by atoms with E-state index in [1.807, 2.05) is 18.8 Å². The fraction of sp³-hybridized carbons (Fsp3) is 0.455. The quantitative estimate of drug-likeness (QED) is 0.593. The van der Waals surface area contributed by atoms with Crippen LogP contribution in [0.5, 0.6) is 0 Å². The predicted octanol–water partition coefficient (Wildman–Crippen LogP) is 2.41. The number of rotatable bonds is 5. The minimum absolute atomic E-state index is 0.875. The smallest absolute Gasteiger partial charge is 0.0676 e. The van der Waals surface area contributed by atoms with E-state index in [0.717, 1.165) is 12.4 Å². The number of benzene rings is 1. The topological polar surface area (TPSA) is 15.3 Å². The standard InChI is InChI=1S/C11H18N2S/c1-4-14-11-7-5-10(6-8-11)13(3)9-12-2/h5-8,12H,4,9H2,1-3H3. The Morgan fingerprint density at radius 1 is 1.29 bits per heavy atom. The highest BCUT2D eigenvalue weighted by Crippen LogP contribution is 2.21. The molecule has 14 heavy (non-hydrogen) atoms. The van der Waals surface area contributed by atoms with E-state index in [4.69, 9.17) is 0 Å². The minimum Gasteiger partial charge on any atom is -0.362 e. The van der Waals surface area contributed by atoms with Crippen LogP contribution in [0, 0.1) is 0 Å². The van der Waals surface area contributed by atoms with Crippen LogP contribution in [-0.4, -0.2) is 26.5 Å². The molecule has 0 amide bonds. The fourth-order valence-electron chi connectivity index (χ4n) is 1.29. The summed E-state index contributed by atoms with van der Waals surface area (Å²) in [5.41, 5.74) is 1.25. The van der Waals surface area contributed by atoms with Gasteiger partial charge in [0.05, 0.1) is 6.67 Å². The van der Waals surface area contributed by atoms with Crippen LogP contribution in [0.4, 0.5) is 5.69 Å². The van der Waals surface area contributed by atoms with E-state index in [2.05, 4.69) is 48.5 Å². The summed E-state index contributed by atoms with van der Waals surface area (Å²) >= 11 is 1.87. The van der Waals surface area contributed by atoms with Crippen molar-refractivity contribution in [3.8, 4) is 0 Å². The Balaban J connectivity index is 2.62. The summed E-state index contributed by atoms with van der Waals surface area (Å²) in [7, 11) is 4.04. The van der Waals surface area contributed by atoms with E-state index in [0.29, 0.717) is 0 Å². The Labute approximate surface area is 90.7 Å².